The van der Waals surface area contributed by atoms with Crippen LogP contribution in [0.3, 0.4) is 0 Å². The van der Waals surface area contributed by atoms with Crippen molar-refractivity contribution in [2.45, 2.75) is 26.0 Å². The van der Waals surface area contributed by atoms with Crippen molar-refractivity contribution in [3.05, 3.63) is 41.2 Å². The second-order valence-corrected chi connectivity index (χ2v) is 9.60. The molecule has 0 saturated carbocycles. The molecule has 7 nitrogen and oxygen atoms in total. The highest BCUT2D eigenvalue weighted by molar-refractivity contribution is 7.89. The first kappa shape index (κ1) is 19.9. The number of sulfonamides is 1. The summed E-state index contributed by atoms with van der Waals surface area (Å²) in [6.45, 7) is 7.34. The zero-order valence-corrected chi connectivity index (χ0v) is 17.2. The number of hydrogen-bond acceptors (Lipinski definition) is 6. The van der Waals surface area contributed by atoms with Crippen LogP contribution in [0.25, 0.3) is 0 Å². The van der Waals surface area contributed by atoms with Gasteiger partial charge >= 0.3 is 0 Å². The summed E-state index contributed by atoms with van der Waals surface area (Å²) < 4.78 is 31.9. The average molecular weight is 411 g/mol. The molecular formula is C18H23ClN4O3S. The van der Waals surface area contributed by atoms with Gasteiger partial charge in [-0.3, -0.25) is 0 Å². The summed E-state index contributed by atoms with van der Waals surface area (Å²) in [5, 5.41) is 0.269. The summed E-state index contributed by atoms with van der Waals surface area (Å²) in [7, 11) is -3.22. The Morgan fingerprint density at radius 2 is 1.81 bits per heavy atom. The number of ether oxygens (including phenoxy) is 1. The lowest BCUT2D eigenvalue weighted by atomic mass is 10.2. The Morgan fingerprint density at radius 1 is 1.11 bits per heavy atom. The number of halogens is 1. The van der Waals surface area contributed by atoms with Crippen LogP contribution in [-0.4, -0.2) is 54.1 Å². The summed E-state index contributed by atoms with van der Waals surface area (Å²) in [4.78, 5) is 10.5. The number of aromatic nitrogens is 2. The topological polar surface area (TPSA) is 75.6 Å². The van der Waals surface area contributed by atoms with Gasteiger partial charge in [0.05, 0.1) is 5.25 Å². The van der Waals surface area contributed by atoms with Crippen LogP contribution in [0.1, 0.15) is 19.4 Å². The van der Waals surface area contributed by atoms with E-state index in [2.05, 4.69) is 9.97 Å². The Morgan fingerprint density at radius 3 is 2.44 bits per heavy atom. The van der Waals surface area contributed by atoms with Crippen molar-refractivity contribution in [1.29, 1.82) is 0 Å². The van der Waals surface area contributed by atoms with Gasteiger partial charge in [0.1, 0.15) is 17.9 Å². The minimum absolute atomic E-state index is 0.411. The zero-order chi connectivity index (χ0) is 19.6. The van der Waals surface area contributed by atoms with E-state index in [-0.39, 0.29) is 0 Å². The smallest absolute Gasteiger partial charge is 0.224 e. The number of anilines is 1. The van der Waals surface area contributed by atoms with Gasteiger partial charge in [0, 0.05) is 37.3 Å². The van der Waals surface area contributed by atoms with Crippen molar-refractivity contribution in [1.82, 2.24) is 14.3 Å². The number of rotatable bonds is 5. The maximum atomic E-state index is 12.3. The average Bonchev–Trinajstić information content (AvgIpc) is 2.65. The lowest BCUT2D eigenvalue weighted by molar-refractivity contribution is 0.379. The summed E-state index contributed by atoms with van der Waals surface area (Å²) >= 11 is 6.04. The Bertz CT molecular complexity index is 913. The predicted molar refractivity (Wildman–Crippen MR) is 106 cm³/mol. The van der Waals surface area contributed by atoms with E-state index < -0.39 is 15.3 Å². The summed E-state index contributed by atoms with van der Waals surface area (Å²) in [6, 6.07) is 7.17. The molecule has 0 amide bonds. The first-order chi connectivity index (χ1) is 12.8. The third-order valence-electron chi connectivity index (χ3n) is 4.50. The van der Waals surface area contributed by atoms with Gasteiger partial charge in [0.2, 0.25) is 15.9 Å². The fourth-order valence-corrected chi connectivity index (χ4v) is 4.22. The molecule has 0 spiro atoms. The standard InChI is InChI=1S/C18H23ClN4O3S/c1-13(2)27(24,25)23-8-6-22(7-9-23)17-11-18(21-12-20-17)26-15-4-5-16(19)14(3)10-15/h4-5,10-13H,6-9H2,1-3H3. The number of hydrogen-bond donors (Lipinski definition) is 0. The third-order valence-corrected chi connectivity index (χ3v) is 7.20. The molecule has 1 aliphatic rings. The lowest BCUT2D eigenvalue weighted by Gasteiger charge is -2.35. The molecule has 0 radical (unpaired) electrons. The number of nitrogens with zero attached hydrogens (tertiary/aromatic N) is 4. The Hall–Kier alpha value is -1.90. The summed E-state index contributed by atoms with van der Waals surface area (Å²) in [6.07, 6.45) is 1.45. The maximum Gasteiger partial charge on any atom is 0.224 e. The van der Waals surface area contributed by atoms with Crippen molar-refractivity contribution in [2.24, 2.45) is 0 Å². The second-order valence-electron chi connectivity index (χ2n) is 6.71. The molecule has 0 aliphatic carbocycles. The van der Waals surface area contributed by atoms with Crippen LogP contribution in [0.15, 0.2) is 30.6 Å². The molecule has 0 unspecified atom stereocenters. The van der Waals surface area contributed by atoms with E-state index >= 15 is 0 Å². The zero-order valence-electron chi connectivity index (χ0n) is 15.6. The molecule has 1 aromatic heterocycles. The molecule has 146 valence electrons. The van der Waals surface area contributed by atoms with Crippen LogP contribution in [-0.2, 0) is 10.0 Å². The van der Waals surface area contributed by atoms with Crippen molar-refractivity contribution in [3.8, 4) is 11.6 Å². The van der Waals surface area contributed by atoms with E-state index in [0.717, 1.165) is 5.56 Å². The first-order valence-corrected chi connectivity index (χ1v) is 10.7. The molecule has 0 atom stereocenters. The number of piperazine rings is 1. The molecule has 2 heterocycles. The second kappa shape index (κ2) is 8.00. The Kier molecular flexibility index (Phi) is 5.88. The quantitative estimate of drug-likeness (QED) is 0.753. The Labute approximate surface area is 165 Å². The van der Waals surface area contributed by atoms with Crippen molar-refractivity contribution < 1.29 is 13.2 Å². The summed E-state index contributed by atoms with van der Waals surface area (Å²) in [5.41, 5.74) is 0.922. The SMILES string of the molecule is Cc1cc(Oc2cc(N3CCN(S(=O)(=O)C(C)C)CC3)ncn2)ccc1Cl. The predicted octanol–water partition coefficient (Wildman–Crippen LogP) is 3.09. The molecule has 1 saturated heterocycles. The Balaban J connectivity index is 1.69. The van der Waals surface area contributed by atoms with Gasteiger partial charge in [-0.25, -0.2) is 18.4 Å². The van der Waals surface area contributed by atoms with Crippen molar-refractivity contribution in [2.75, 3.05) is 31.1 Å². The van der Waals surface area contributed by atoms with Gasteiger partial charge in [-0.2, -0.15) is 4.31 Å². The minimum Gasteiger partial charge on any atom is -0.439 e. The van der Waals surface area contributed by atoms with E-state index in [9.17, 15) is 8.42 Å². The van der Waals surface area contributed by atoms with Gasteiger partial charge in [0.15, 0.2) is 0 Å². The van der Waals surface area contributed by atoms with Gasteiger partial charge in [0.25, 0.3) is 0 Å². The molecule has 3 rings (SSSR count). The molecule has 0 bridgehead atoms. The number of benzene rings is 1. The normalized spacial score (nSPS) is 16.0. The van der Waals surface area contributed by atoms with Crippen LogP contribution >= 0.6 is 11.6 Å². The first-order valence-electron chi connectivity index (χ1n) is 8.77. The highest BCUT2D eigenvalue weighted by Gasteiger charge is 2.29. The molecule has 27 heavy (non-hydrogen) atoms. The lowest BCUT2D eigenvalue weighted by Crippen LogP contribution is -2.50. The van der Waals surface area contributed by atoms with Crippen LogP contribution in [0, 0.1) is 6.92 Å². The van der Waals surface area contributed by atoms with Crippen molar-refractivity contribution in [3.63, 3.8) is 0 Å². The molecule has 2 aromatic rings. The highest BCUT2D eigenvalue weighted by Crippen LogP contribution is 2.26. The van der Waals surface area contributed by atoms with Gasteiger partial charge in [-0.1, -0.05) is 11.6 Å². The van der Waals surface area contributed by atoms with Gasteiger partial charge in [-0.05, 0) is 44.5 Å². The minimum atomic E-state index is -3.22. The van der Waals surface area contributed by atoms with Crippen LogP contribution in [0.2, 0.25) is 5.02 Å². The molecule has 1 aromatic carbocycles. The fraction of sp³-hybridized carbons (Fsp3) is 0.444. The van der Waals surface area contributed by atoms with Crippen LogP contribution in [0.4, 0.5) is 5.82 Å². The summed E-state index contributed by atoms with van der Waals surface area (Å²) in [5.74, 6) is 1.79. The van der Waals surface area contributed by atoms with Gasteiger partial charge < -0.3 is 9.64 Å². The van der Waals surface area contributed by atoms with E-state index in [1.165, 1.54) is 6.33 Å². The van der Waals surface area contributed by atoms with Crippen molar-refractivity contribution >= 4 is 27.4 Å². The molecular weight excluding hydrogens is 388 g/mol. The molecule has 9 heteroatoms. The third kappa shape index (κ3) is 4.51. The maximum absolute atomic E-state index is 12.3. The van der Waals surface area contributed by atoms with Crippen LogP contribution < -0.4 is 9.64 Å². The van der Waals surface area contributed by atoms with E-state index in [1.54, 1.807) is 36.4 Å². The van der Waals surface area contributed by atoms with E-state index in [4.69, 9.17) is 16.3 Å². The van der Waals surface area contributed by atoms with E-state index in [1.807, 2.05) is 17.9 Å². The monoisotopic (exact) mass is 410 g/mol. The fourth-order valence-electron chi connectivity index (χ4n) is 2.83. The number of aryl methyl sites for hydroxylation is 1. The molecule has 1 aliphatic heterocycles. The largest absolute Gasteiger partial charge is 0.439 e. The van der Waals surface area contributed by atoms with Gasteiger partial charge in [-0.15, -0.1) is 0 Å². The molecule has 1 fully saturated rings. The van der Waals surface area contributed by atoms with Crippen LogP contribution in [0.5, 0.6) is 11.6 Å². The van der Waals surface area contributed by atoms with E-state index in [0.29, 0.717) is 48.6 Å². The molecule has 0 N–H and O–H groups in total. The highest BCUT2D eigenvalue weighted by atomic mass is 35.5.